The van der Waals surface area contributed by atoms with Crippen molar-refractivity contribution in [2.24, 2.45) is 0 Å². The first-order valence-electron chi connectivity index (χ1n) is 10.2. The minimum absolute atomic E-state index is 0.0907. The lowest BCUT2D eigenvalue weighted by Gasteiger charge is -2.18. The summed E-state index contributed by atoms with van der Waals surface area (Å²) in [6.07, 6.45) is 0.782. The highest BCUT2D eigenvalue weighted by molar-refractivity contribution is 6.25. The summed E-state index contributed by atoms with van der Waals surface area (Å²) in [5.41, 5.74) is 0.541. The van der Waals surface area contributed by atoms with Crippen LogP contribution in [0.3, 0.4) is 0 Å². The lowest BCUT2D eigenvalue weighted by Crippen LogP contribution is -2.38. The van der Waals surface area contributed by atoms with Crippen LogP contribution >= 0.6 is 0 Å². The van der Waals surface area contributed by atoms with E-state index in [0.29, 0.717) is 31.3 Å². The van der Waals surface area contributed by atoms with Crippen LogP contribution in [0.1, 0.15) is 47.9 Å². The van der Waals surface area contributed by atoms with E-state index in [2.05, 4.69) is 15.4 Å². The number of carbonyl (C=O) groups excluding carboxylic acids is 2. The van der Waals surface area contributed by atoms with Gasteiger partial charge in [-0.1, -0.05) is 24.2 Å². The lowest BCUT2D eigenvalue weighted by atomic mass is 10.1. The van der Waals surface area contributed by atoms with E-state index in [-0.39, 0.29) is 17.1 Å². The largest absolute Gasteiger partial charge is 0.494 e. The Bertz CT molecular complexity index is 988. The van der Waals surface area contributed by atoms with Gasteiger partial charge in [0.1, 0.15) is 11.5 Å². The zero-order chi connectivity index (χ0) is 22.2. The molecule has 0 unspecified atom stereocenters. The molecule has 0 aliphatic heterocycles. The van der Waals surface area contributed by atoms with E-state index in [1.807, 2.05) is 20.8 Å². The van der Waals surface area contributed by atoms with Crippen LogP contribution < -0.4 is 14.4 Å². The second-order valence-electron chi connectivity index (χ2n) is 6.55. The Kier molecular flexibility index (Phi) is 7.31. The number of rotatable bonds is 9. The summed E-state index contributed by atoms with van der Waals surface area (Å²) >= 11 is 0. The molecule has 0 aliphatic rings. The molecule has 0 N–H and O–H groups in total. The van der Waals surface area contributed by atoms with Crippen LogP contribution in [-0.4, -0.2) is 45.2 Å². The average Bonchev–Trinajstić information content (AvgIpc) is 3.23. The van der Waals surface area contributed by atoms with Gasteiger partial charge in [-0.25, -0.2) is 4.90 Å². The van der Waals surface area contributed by atoms with Crippen LogP contribution in [0, 0.1) is 0 Å². The summed E-state index contributed by atoms with van der Waals surface area (Å²) in [5.74, 6) is -0.190. The summed E-state index contributed by atoms with van der Waals surface area (Å²) in [4.78, 5) is 29.1. The Labute approximate surface area is 180 Å². The van der Waals surface area contributed by atoms with E-state index in [9.17, 15) is 9.59 Å². The Morgan fingerprint density at radius 3 is 1.94 bits per heavy atom. The van der Waals surface area contributed by atoms with Gasteiger partial charge >= 0.3 is 0 Å². The topological polar surface area (TPSA) is 99.4 Å². The molecule has 2 amide bonds. The third kappa shape index (κ3) is 5.25. The maximum atomic E-state index is 13.4. The number of hydrogen-bond donors (Lipinski definition) is 0. The number of anilines is 1. The lowest BCUT2D eigenvalue weighted by molar-refractivity contribution is 0.0894. The van der Waals surface area contributed by atoms with Crippen LogP contribution in [0.5, 0.6) is 11.5 Å². The van der Waals surface area contributed by atoms with Gasteiger partial charge in [-0.15, -0.1) is 5.10 Å². The minimum atomic E-state index is -0.579. The highest BCUT2D eigenvalue weighted by atomic mass is 16.5. The van der Waals surface area contributed by atoms with E-state index < -0.39 is 11.8 Å². The van der Waals surface area contributed by atoms with Crippen molar-refractivity contribution in [1.82, 2.24) is 20.2 Å². The summed E-state index contributed by atoms with van der Waals surface area (Å²) in [7, 11) is 0. The van der Waals surface area contributed by atoms with Gasteiger partial charge < -0.3 is 9.47 Å². The maximum Gasteiger partial charge on any atom is 0.280 e. The second kappa shape index (κ2) is 10.3. The fourth-order valence-corrected chi connectivity index (χ4v) is 2.92. The normalized spacial score (nSPS) is 10.5. The molecule has 0 saturated carbocycles. The number of hydrogen-bond acceptors (Lipinski definition) is 7. The molecule has 0 fully saturated rings. The minimum Gasteiger partial charge on any atom is -0.494 e. The number of ether oxygens (including phenoxy) is 2. The quantitative estimate of drug-likeness (QED) is 0.487. The Morgan fingerprint density at radius 1 is 0.903 bits per heavy atom. The van der Waals surface area contributed by atoms with Crippen molar-refractivity contribution in [2.45, 2.75) is 33.7 Å². The third-order valence-corrected chi connectivity index (χ3v) is 4.26. The molecule has 0 spiro atoms. The first-order chi connectivity index (χ1) is 15.1. The molecule has 0 bridgehead atoms. The van der Waals surface area contributed by atoms with Gasteiger partial charge in [-0.2, -0.15) is 4.80 Å². The van der Waals surface area contributed by atoms with E-state index in [4.69, 9.17) is 9.47 Å². The molecule has 3 aromatic rings. The van der Waals surface area contributed by atoms with Crippen LogP contribution in [0.4, 0.5) is 5.95 Å². The van der Waals surface area contributed by atoms with E-state index in [0.717, 1.165) is 11.3 Å². The predicted octanol–water partition coefficient (Wildman–Crippen LogP) is 3.37. The molecule has 0 atom stereocenters. The number of carbonyl (C=O) groups is 2. The smallest absolute Gasteiger partial charge is 0.280 e. The van der Waals surface area contributed by atoms with E-state index >= 15 is 0 Å². The van der Waals surface area contributed by atoms with Crippen molar-refractivity contribution in [3.8, 4) is 11.5 Å². The van der Waals surface area contributed by atoms with Gasteiger partial charge in [0.05, 0.1) is 19.8 Å². The molecular weight excluding hydrogens is 398 g/mol. The fraction of sp³-hybridized carbons (Fsp3) is 0.318. The molecule has 0 radical (unpaired) electrons. The second-order valence-corrected chi connectivity index (χ2v) is 6.55. The monoisotopic (exact) mass is 423 g/mol. The van der Waals surface area contributed by atoms with Gasteiger partial charge in [0.2, 0.25) is 0 Å². The summed E-state index contributed by atoms with van der Waals surface area (Å²) in [6.45, 7) is 7.10. The van der Waals surface area contributed by atoms with Crippen LogP contribution in [0.2, 0.25) is 0 Å². The van der Waals surface area contributed by atoms with Gasteiger partial charge in [-0.3, -0.25) is 9.59 Å². The molecule has 1 heterocycles. The zero-order valence-corrected chi connectivity index (χ0v) is 17.8. The molecule has 162 valence electrons. The van der Waals surface area contributed by atoms with Gasteiger partial charge in [-0.05, 0) is 61.9 Å². The van der Waals surface area contributed by atoms with Crippen LogP contribution in [0.15, 0.2) is 48.5 Å². The SMILES string of the molecule is CCCn1nnc(N(C(=O)c2cccc(OCC)c2)C(=O)c2cccc(OCC)c2)n1. The van der Waals surface area contributed by atoms with Crippen molar-refractivity contribution in [2.75, 3.05) is 18.1 Å². The van der Waals surface area contributed by atoms with E-state index in [1.165, 1.54) is 4.80 Å². The molecule has 0 saturated heterocycles. The van der Waals surface area contributed by atoms with Crippen LogP contribution in [0.25, 0.3) is 0 Å². The number of aromatic nitrogens is 4. The van der Waals surface area contributed by atoms with Crippen molar-refractivity contribution in [3.05, 3.63) is 59.7 Å². The fourth-order valence-electron chi connectivity index (χ4n) is 2.92. The van der Waals surface area contributed by atoms with Gasteiger partial charge in [0.15, 0.2) is 0 Å². The Balaban J connectivity index is 2.02. The highest BCUT2D eigenvalue weighted by Gasteiger charge is 2.30. The van der Waals surface area contributed by atoms with Gasteiger partial charge in [0.25, 0.3) is 17.8 Å². The summed E-state index contributed by atoms with van der Waals surface area (Å²) in [5, 5.41) is 12.1. The molecule has 2 aromatic carbocycles. The van der Waals surface area contributed by atoms with Crippen molar-refractivity contribution in [1.29, 1.82) is 0 Å². The van der Waals surface area contributed by atoms with Crippen LogP contribution in [-0.2, 0) is 6.54 Å². The zero-order valence-electron chi connectivity index (χ0n) is 17.8. The highest BCUT2D eigenvalue weighted by Crippen LogP contribution is 2.21. The number of nitrogens with zero attached hydrogens (tertiary/aromatic N) is 5. The molecule has 9 nitrogen and oxygen atoms in total. The molecule has 0 aliphatic carbocycles. The summed E-state index contributed by atoms with van der Waals surface area (Å²) < 4.78 is 11.0. The van der Waals surface area contributed by atoms with Crippen molar-refractivity contribution in [3.63, 3.8) is 0 Å². The molecule has 31 heavy (non-hydrogen) atoms. The number of amides is 2. The molecule has 3 rings (SSSR count). The van der Waals surface area contributed by atoms with Gasteiger partial charge in [0, 0.05) is 11.1 Å². The third-order valence-electron chi connectivity index (χ3n) is 4.26. The molecule has 9 heteroatoms. The number of aryl methyl sites for hydroxylation is 1. The van der Waals surface area contributed by atoms with Crippen molar-refractivity contribution < 1.29 is 19.1 Å². The average molecular weight is 423 g/mol. The standard InChI is InChI=1S/C22H25N5O4/c1-4-13-26-24-22(23-25-26)27(20(28)16-9-7-11-18(14-16)30-5-2)21(29)17-10-8-12-19(15-17)31-6-3/h7-12,14-15H,4-6,13H2,1-3H3. The Hall–Kier alpha value is -3.75. The maximum absolute atomic E-state index is 13.4. The number of benzene rings is 2. The Morgan fingerprint density at radius 2 is 1.45 bits per heavy atom. The van der Waals surface area contributed by atoms with E-state index in [1.54, 1.807) is 48.5 Å². The molecular formula is C22H25N5O4. The molecule has 1 aromatic heterocycles. The first-order valence-corrected chi connectivity index (χ1v) is 10.2. The first kappa shape index (κ1) is 21.9. The van der Waals surface area contributed by atoms with Crippen molar-refractivity contribution >= 4 is 17.8 Å². The number of tetrazole rings is 1. The predicted molar refractivity (Wildman–Crippen MR) is 114 cm³/mol. The number of imide groups is 1. The summed E-state index contributed by atoms with van der Waals surface area (Å²) in [6, 6.07) is 13.3.